The van der Waals surface area contributed by atoms with Gasteiger partial charge in [-0.25, -0.2) is 14.2 Å². The second kappa shape index (κ2) is 9.03. The van der Waals surface area contributed by atoms with Crippen LogP contribution < -0.4 is 24.4 Å². The van der Waals surface area contributed by atoms with E-state index >= 15 is 0 Å². The Morgan fingerprint density at radius 2 is 1.85 bits per heavy atom. The van der Waals surface area contributed by atoms with Crippen molar-refractivity contribution in [1.82, 2.24) is 4.57 Å². The lowest BCUT2D eigenvalue weighted by Gasteiger charge is -2.24. The van der Waals surface area contributed by atoms with Crippen LogP contribution in [-0.4, -0.2) is 31.9 Å². The maximum atomic E-state index is 14.8. The van der Waals surface area contributed by atoms with Gasteiger partial charge in [-0.2, -0.15) is 0 Å². The van der Waals surface area contributed by atoms with Gasteiger partial charge in [0.1, 0.15) is 11.9 Å². The summed E-state index contributed by atoms with van der Waals surface area (Å²) in [6, 6.07) is 10.3. The molecular weight excluding hydrogens is 447 g/mol. The van der Waals surface area contributed by atoms with Crippen molar-refractivity contribution >= 4 is 23.4 Å². The quantitative estimate of drug-likeness (QED) is 0.538. The van der Waals surface area contributed by atoms with Crippen molar-refractivity contribution in [3.05, 3.63) is 90.4 Å². The van der Waals surface area contributed by atoms with Crippen LogP contribution in [0.2, 0.25) is 0 Å². The number of thiazole rings is 1. The van der Waals surface area contributed by atoms with Gasteiger partial charge in [-0.15, -0.1) is 0 Å². The third kappa shape index (κ3) is 3.95. The number of hydrogen-bond donors (Lipinski definition) is 0. The average molecular weight is 469 g/mol. The fourth-order valence-electron chi connectivity index (χ4n) is 3.78. The van der Waals surface area contributed by atoms with Gasteiger partial charge < -0.3 is 14.2 Å². The van der Waals surface area contributed by atoms with Gasteiger partial charge >= 0.3 is 5.97 Å². The second-order valence-corrected chi connectivity index (χ2v) is 8.22. The Balaban J connectivity index is 1.96. The molecule has 0 amide bonds. The molecule has 0 saturated carbocycles. The number of fused-ring (bicyclic) bond motifs is 1. The maximum absolute atomic E-state index is 14.8. The third-order valence-electron chi connectivity index (χ3n) is 5.33. The van der Waals surface area contributed by atoms with Crippen molar-refractivity contribution < 1.29 is 23.4 Å². The molecule has 2 heterocycles. The number of halogens is 1. The molecule has 0 saturated heterocycles. The Kier molecular flexibility index (Phi) is 6.15. The van der Waals surface area contributed by atoms with E-state index in [-0.39, 0.29) is 11.1 Å². The van der Waals surface area contributed by atoms with Crippen molar-refractivity contribution in [2.45, 2.75) is 13.0 Å². The maximum Gasteiger partial charge on any atom is 0.338 e. The van der Waals surface area contributed by atoms with E-state index in [1.54, 1.807) is 56.5 Å². The number of carbonyl (C=O) groups excluding carboxylic acids is 1. The number of rotatable bonds is 5. The lowest BCUT2D eigenvalue weighted by molar-refractivity contribution is -0.136. The summed E-state index contributed by atoms with van der Waals surface area (Å²) in [5.41, 5.74) is 0.993. The Morgan fingerprint density at radius 3 is 2.52 bits per heavy atom. The topological polar surface area (TPSA) is 79.1 Å². The Labute approximate surface area is 192 Å². The standard InChI is InChI=1S/C24H21FN2O5S/c1-13-20(23(29)32-4)21(15-7-5-6-8-16(15)25)27-22(28)19(33-24(27)26-13)12-14-9-10-17(30-2)18(11-14)31-3/h5-12,21H,1-4H3. The highest BCUT2D eigenvalue weighted by molar-refractivity contribution is 7.07. The molecule has 1 aromatic heterocycles. The fourth-order valence-corrected chi connectivity index (χ4v) is 4.82. The first kappa shape index (κ1) is 22.5. The number of methoxy groups -OCH3 is 3. The highest BCUT2D eigenvalue weighted by atomic mass is 32.1. The second-order valence-electron chi connectivity index (χ2n) is 7.21. The van der Waals surface area contributed by atoms with Crippen LogP contribution in [0.4, 0.5) is 4.39 Å². The smallest absolute Gasteiger partial charge is 0.338 e. The van der Waals surface area contributed by atoms with E-state index in [9.17, 15) is 14.0 Å². The number of esters is 1. The number of carbonyl (C=O) groups is 1. The van der Waals surface area contributed by atoms with Gasteiger partial charge in [0.05, 0.1) is 37.1 Å². The number of ether oxygens (including phenoxy) is 3. The predicted molar refractivity (Wildman–Crippen MR) is 122 cm³/mol. The minimum atomic E-state index is -0.998. The number of nitrogens with zero attached hydrogens (tertiary/aromatic N) is 2. The molecule has 170 valence electrons. The minimum absolute atomic E-state index is 0.118. The van der Waals surface area contributed by atoms with Crippen LogP contribution >= 0.6 is 11.3 Å². The zero-order valence-electron chi connectivity index (χ0n) is 18.4. The van der Waals surface area contributed by atoms with Gasteiger partial charge in [0.25, 0.3) is 5.56 Å². The summed E-state index contributed by atoms with van der Waals surface area (Å²) >= 11 is 1.16. The van der Waals surface area contributed by atoms with Crippen LogP contribution in [0, 0.1) is 5.82 Å². The van der Waals surface area contributed by atoms with Crippen LogP contribution in [-0.2, 0) is 9.53 Å². The SMILES string of the molecule is COC(=O)C1=C(C)N=c2sc(=Cc3ccc(OC)c(OC)c3)c(=O)n2C1c1ccccc1F. The number of benzene rings is 2. The van der Waals surface area contributed by atoms with Crippen LogP contribution in [0.1, 0.15) is 24.1 Å². The predicted octanol–water partition coefficient (Wildman–Crippen LogP) is 2.56. The number of hydrogen-bond acceptors (Lipinski definition) is 7. The molecule has 0 fully saturated rings. The van der Waals surface area contributed by atoms with E-state index in [1.807, 2.05) is 0 Å². The van der Waals surface area contributed by atoms with Gasteiger partial charge in [-0.3, -0.25) is 9.36 Å². The average Bonchev–Trinajstić information content (AvgIpc) is 3.12. The summed E-state index contributed by atoms with van der Waals surface area (Å²) in [6.45, 7) is 1.64. The molecule has 0 spiro atoms. The Morgan fingerprint density at radius 1 is 1.12 bits per heavy atom. The normalized spacial score (nSPS) is 15.7. The van der Waals surface area contributed by atoms with E-state index in [4.69, 9.17) is 14.2 Å². The lowest BCUT2D eigenvalue weighted by atomic mass is 9.95. The summed E-state index contributed by atoms with van der Waals surface area (Å²) < 4.78 is 32.1. The molecule has 4 rings (SSSR count). The lowest BCUT2D eigenvalue weighted by Crippen LogP contribution is -2.40. The number of aromatic nitrogens is 1. The fraction of sp³-hybridized carbons (Fsp3) is 0.208. The van der Waals surface area contributed by atoms with Crippen LogP contribution in [0.5, 0.6) is 11.5 Å². The molecule has 1 aliphatic rings. The highest BCUT2D eigenvalue weighted by Crippen LogP contribution is 2.32. The van der Waals surface area contributed by atoms with Gasteiger partial charge in [0.15, 0.2) is 16.3 Å². The molecule has 7 nitrogen and oxygen atoms in total. The first-order chi connectivity index (χ1) is 15.9. The number of allylic oxidation sites excluding steroid dienone is 1. The first-order valence-corrected chi connectivity index (χ1v) is 10.8. The molecule has 0 N–H and O–H groups in total. The monoisotopic (exact) mass is 468 g/mol. The van der Waals surface area contributed by atoms with E-state index in [1.165, 1.54) is 24.9 Å². The van der Waals surface area contributed by atoms with Gasteiger partial charge in [0.2, 0.25) is 0 Å². The largest absolute Gasteiger partial charge is 0.493 e. The zero-order valence-corrected chi connectivity index (χ0v) is 19.2. The van der Waals surface area contributed by atoms with E-state index < -0.39 is 23.4 Å². The molecule has 2 aromatic carbocycles. The summed E-state index contributed by atoms with van der Waals surface area (Å²) in [4.78, 5) is 30.9. The zero-order chi connectivity index (χ0) is 23.7. The van der Waals surface area contributed by atoms with E-state index in [0.29, 0.717) is 32.1 Å². The van der Waals surface area contributed by atoms with E-state index in [0.717, 1.165) is 11.3 Å². The van der Waals surface area contributed by atoms with E-state index in [2.05, 4.69) is 4.99 Å². The van der Waals surface area contributed by atoms with Crippen molar-refractivity contribution in [1.29, 1.82) is 0 Å². The third-order valence-corrected chi connectivity index (χ3v) is 6.32. The van der Waals surface area contributed by atoms with Gasteiger partial charge in [-0.05, 0) is 36.8 Å². The van der Waals surface area contributed by atoms with Crippen molar-refractivity contribution in [3.63, 3.8) is 0 Å². The van der Waals surface area contributed by atoms with Crippen LogP contribution in [0.25, 0.3) is 6.08 Å². The first-order valence-electron chi connectivity index (χ1n) is 9.97. The van der Waals surface area contributed by atoms with Crippen molar-refractivity contribution in [2.24, 2.45) is 4.99 Å². The van der Waals surface area contributed by atoms with Gasteiger partial charge in [-0.1, -0.05) is 35.6 Å². The molecule has 0 aliphatic carbocycles. The Hall–Kier alpha value is -3.72. The highest BCUT2D eigenvalue weighted by Gasteiger charge is 2.34. The van der Waals surface area contributed by atoms with Crippen LogP contribution in [0.3, 0.4) is 0 Å². The van der Waals surface area contributed by atoms with Crippen molar-refractivity contribution in [3.8, 4) is 11.5 Å². The minimum Gasteiger partial charge on any atom is -0.493 e. The summed E-state index contributed by atoms with van der Waals surface area (Å²) in [6.07, 6.45) is 1.70. The molecule has 3 aromatic rings. The molecular formula is C24H21FN2O5S. The molecule has 9 heteroatoms. The summed E-state index contributed by atoms with van der Waals surface area (Å²) in [7, 11) is 4.31. The molecule has 0 bridgehead atoms. The molecule has 33 heavy (non-hydrogen) atoms. The molecule has 0 radical (unpaired) electrons. The molecule has 1 aliphatic heterocycles. The van der Waals surface area contributed by atoms with Crippen molar-refractivity contribution in [2.75, 3.05) is 21.3 Å². The Bertz CT molecular complexity index is 1450. The van der Waals surface area contributed by atoms with Crippen LogP contribution in [0.15, 0.2) is 63.5 Å². The summed E-state index contributed by atoms with van der Waals surface area (Å²) in [5.74, 6) is -0.118. The van der Waals surface area contributed by atoms with Gasteiger partial charge in [0, 0.05) is 5.56 Å². The summed E-state index contributed by atoms with van der Waals surface area (Å²) in [5, 5.41) is 0. The molecule has 1 unspecified atom stereocenters. The molecule has 1 atom stereocenters.